The lowest BCUT2D eigenvalue weighted by atomic mass is 9.97. The number of hydrogen-bond donors (Lipinski definition) is 0. The monoisotopic (exact) mass is 308 g/mol. The highest BCUT2D eigenvalue weighted by Crippen LogP contribution is 2.34. The van der Waals surface area contributed by atoms with Crippen molar-refractivity contribution in [3.63, 3.8) is 0 Å². The van der Waals surface area contributed by atoms with Gasteiger partial charge in [-0.2, -0.15) is 0 Å². The van der Waals surface area contributed by atoms with E-state index in [2.05, 4.69) is 40.2 Å². The highest BCUT2D eigenvalue weighted by Gasteiger charge is 2.28. The van der Waals surface area contributed by atoms with Gasteiger partial charge in [0.05, 0.1) is 0 Å². The van der Waals surface area contributed by atoms with Crippen molar-refractivity contribution in [1.82, 2.24) is 9.97 Å². The number of aliphatic imine (C=N–C) groups is 1. The van der Waals surface area contributed by atoms with Gasteiger partial charge >= 0.3 is 0 Å². The molecule has 0 bridgehead atoms. The lowest BCUT2D eigenvalue weighted by Crippen LogP contribution is -2.39. The Morgan fingerprint density at radius 3 is 2.86 bits per heavy atom. The number of rotatable bonds is 2. The molecular weight excluding hydrogens is 292 g/mol. The molecule has 22 heavy (non-hydrogen) atoms. The van der Waals surface area contributed by atoms with Gasteiger partial charge in [0.25, 0.3) is 0 Å². The molecule has 0 unspecified atom stereocenters. The summed E-state index contributed by atoms with van der Waals surface area (Å²) < 4.78 is 0. The van der Waals surface area contributed by atoms with Gasteiger partial charge < -0.3 is 4.90 Å². The topological polar surface area (TPSA) is 41.4 Å². The van der Waals surface area contributed by atoms with Crippen LogP contribution in [0.15, 0.2) is 46.7 Å². The molecule has 0 saturated heterocycles. The van der Waals surface area contributed by atoms with Crippen LogP contribution in [0, 0.1) is 0 Å². The summed E-state index contributed by atoms with van der Waals surface area (Å²) in [6.45, 7) is 1.84. The maximum Gasteiger partial charge on any atom is 0.189 e. The van der Waals surface area contributed by atoms with Crippen LogP contribution in [0.5, 0.6) is 0 Å². The first-order valence-corrected chi connectivity index (χ1v) is 8.60. The van der Waals surface area contributed by atoms with Gasteiger partial charge in [-0.25, -0.2) is 9.97 Å². The summed E-state index contributed by atoms with van der Waals surface area (Å²) in [4.78, 5) is 16.1. The molecule has 4 nitrogen and oxygen atoms in total. The van der Waals surface area contributed by atoms with E-state index in [1.54, 1.807) is 11.8 Å². The minimum absolute atomic E-state index is 0.806. The third-order valence-corrected chi connectivity index (χ3v) is 4.46. The summed E-state index contributed by atoms with van der Waals surface area (Å²) in [6.07, 6.45) is 7.14. The van der Waals surface area contributed by atoms with E-state index in [-0.39, 0.29) is 0 Å². The number of hydrogen-bond acceptors (Lipinski definition) is 5. The van der Waals surface area contributed by atoms with Crippen LogP contribution >= 0.6 is 11.8 Å². The quantitative estimate of drug-likeness (QED) is 0.630. The molecule has 0 spiro atoms. The largest absolute Gasteiger partial charge is 0.310 e. The Labute approximate surface area is 134 Å². The first-order chi connectivity index (χ1) is 10.9. The van der Waals surface area contributed by atoms with E-state index >= 15 is 0 Å². The lowest BCUT2D eigenvalue weighted by Gasteiger charge is -2.34. The third kappa shape index (κ3) is 2.22. The van der Waals surface area contributed by atoms with Crippen LogP contribution in [0.1, 0.15) is 17.5 Å². The van der Waals surface area contributed by atoms with E-state index < -0.39 is 0 Å². The molecular formula is C17H16N4S. The number of amidine groups is 1. The fraction of sp³-hybridized carbons (Fsp3) is 0.235. The minimum atomic E-state index is 0.806. The molecule has 1 aromatic carbocycles. The van der Waals surface area contributed by atoms with Crippen LogP contribution in [0.4, 0.5) is 5.82 Å². The van der Waals surface area contributed by atoms with Gasteiger partial charge in [-0.3, -0.25) is 4.99 Å². The zero-order valence-corrected chi connectivity index (χ0v) is 13.2. The van der Waals surface area contributed by atoms with Crippen molar-refractivity contribution >= 4 is 35.1 Å². The molecule has 5 heteroatoms. The van der Waals surface area contributed by atoms with Crippen molar-refractivity contribution in [2.45, 2.75) is 11.6 Å². The zero-order chi connectivity index (χ0) is 14.9. The van der Waals surface area contributed by atoms with E-state index in [4.69, 9.17) is 9.98 Å². The molecule has 0 saturated carbocycles. The molecule has 110 valence electrons. The normalized spacial score (nSPS) is 16.5. The van der Waals surface area contributed by atoms with Crippen molar-refractivity contribution in [3.05, 3.63) is 47.7 Å². The van der Waals surface area contributed by atoms with E-state index in [1.165, 1.54) is 5.56 Å². The number of anilines is 1. The maximum atomic E-state index is 4.77. The molecule has 0 atom stereocenters. The Balaban J connectivity index is 1.91. The Hall–Kier alpha value is -2.14. The average Bonchev–Trinajstić information content (AvgIpc) is 2.61. The van der Waals surface area contributed by atoms with Crippen LogP contribution in [0.2, 0.25) is 0 Å². The van der Waals surface area contributed by atoms with E-state index in [9.17, 15) is 0 Å². The van der Waals surface area contributed by atoms with Crippen LogP contribution in [0.25, 0.3) is 11.6 Å². The molecule has 2 aliphatic rings. The molecule has 0 fully saturated rings. The van der Waals surface area contributed by atoms with Crippen molar-refractivity contribution in [2.75, 3.05) is 24.2 Å². The van der Waals surface area contributed by atoms with E-state index in [0.717, 1.165) is 47.5 Å². The van der Waals surface area contributed by atoms with E-state index in [1.807, 2.05) is 18.5 Å². The second-order valence-electron chi connectivity index (χ2n) is 5.27. The van der Waals surface area contributed by atoms with Gasteiger partial charge in [-0.1, -0.05) is 42.1 Å². The fourth-order valence-corrected chi connectivity index (χ4v) is 3.21. The molecule has 4 rings (SSSR count). The van der Waals surface area contributed by atoms with Crippen LogP contribution in [-0.2, 0) is 0 Å². The van der Waals surface area contributed by atoms with Crippen LogP contribution < -0.4 is 4.90 Å². The number of aromatic nitrogens is 2. The molecule has 0 aliphatic carbocycles. The van der Waals surface area contributed by atoms with Gasteiger partial charge in [0.2, 0.25) is 0 Å². The number of benzene rings is 1. The fourth-order valence-electron chi connectivity index (χ4n) is 2.87. The SMILES string of the molecule is CSc1ncc2c(n1)N1CCCN=C1C(c1ccccc1)=C2. The van der Waals surface area contributed by atoms with Gasteiger partial charge in [-0.15, -0.1) is 0 Å². The smallest absolute Gasteiger partial charge is 0.189 e. The number of thioether (sulfide) groups is 1. The zero-order valence-electron chi connectivity index (χ0n) is 12.4. The van der Waals surface area contributed by atoms with E-state index in [0.29, 0.717) is 0 Å². The predicted octanol–water partition coefficient (Wildman–Crippen LogP) is 3.36. The summed E-state index contributed by atoms with van der Waals surface area (Å²) in [5, 5.41) is 0.806. The van der Waals surface area contributed by atoms with Gasteiger partial charge in [0.1, 0.15) is 11.7 Å². The Kier molecular flexibility index (Phi) is 3.42. The van der Waals surface area contributed by atoms with Crippen molar-refractivity contribution < 1.29 is 0 Å². The highest BCUT2D eigenvalue weighted by molar-refractivity contribution is 7.98. The lowest BCUT2D eigenvalue weighted by molar-refractivity contribution is 0.776. The molecule has 2 aromatic rings. The predicted molar refractivity (Wildman–Crippen MR) is 92.4 cm³/mol. The molecule has 0 radical (unpaired) electrons. The Morgan fingerprint density at radius 2 is 2.05 bits per heavy atom. The second-order valence-corrected chi connectivity index (χ2v) is 6.04. The van der Waals surface area contributed by atoms with Crippen molar-refractivity contribution in [3.8, 4) is 0 Å². The molecule has 3 heterocycles. The summed E-state index contributed by atoms with van der Waals surface area (Å²) in [5.74, 6) is 2.02. The van der Waals surface area contributed by atoms with Crippen molar-refractivity contribution in [2.24, 2.45) is 4.99 Å². The summed E-state index contributed by atoms with van der Waals surface area (Å²) in [7, 11) is 0. The molecule has 2 aliphatic heterocycles. The first kappa shape index (κ1) is 13.5. The summed E-state index contributed by atoms with van der Waals surface area (Å²) in [6, 6.07) is 10.4. The van der Waals surface area contributed by atoms with Crippen LogP contribution in [-0.4, -0.2) is 35.1 Å². The third-order valence-electron chi connectivity index (χ3n) is 3.89. The standard InChI is InChI=1S/C17H16N4S/c1-22-17-19-11-13-10-14(12-6-3-2-4-7-12)16-18-8-5-9-21(16)15(13)20-17/h2-4,6-7,10-11H,5,8-9H2,1H3. The molecule has 1 aromatic heterocycles. The summed E-state index contributed by atoms with van der Waals surface area (Å²) in [5.41, 5.74) is 3.42. The van der Waals surface area contributed by atoms with Gasteiger partial charge in [-0.05, 0) is 24.3 Å². The molecule has 0 amide bonds. The Bertz CT molecular complexity index is 767. The van der Waals surface area contributed by atoms with Crippen LogP contribution in [0.3, 0.4) is 0 Å². The maximum absolute atomic E-state index is 4.77. The minimum Gasteiger partial charge on any atom is -0.310 e. The second kappa shape index (κ2) is 5.57. The Morgan fingerprint density at radius 1 is 1.18 bits per heavy atom. The average molecular weight is 308 g/mol. The molecule has 0 N–H and O–H groups in total. The first-order valence-electron chi connectivity index (χ1n) is 7.37. The van der Waals surface area contributed by atoms with Gasteiger partial charge in [0, 0.05) is 30.4 Å². The van der Waals surface area contributed by atoms with Gasteiger partial charge in [0.15, 0.2) is 5.16 Å². The number of fused-ring (bicyclic) bond motifs is 3. The summed E-state index contributed by atoms with van der Waals surface area (Å²) >= 11 is 1.57. The number of nitrogens with zero attached hydrogens (tertiary/aromatic N) is 4. The van der Waals surface area contributed by atoms with Crippen molar-refractivity contribution in [1.29, 1.82) is 0 Å². The highest BCUT2D eigenvalue weighted by atomic mass is 32.2.